The molecule has 1 aromatic carbocycles. The van der Waals surface area contributed by atoms with Gasteiger partial charge >= 0.3 is 0 Å². The van der Waals surface area contributed by atoms with Crippen molar-refractivity contribution in [2.45, 2.75) is 19.2 Å². The average Bonchev–Trinajstić information content (AvgIpc) is 2.64. The molecule has 0 fully saturated rings. The molecule has 0 saturated heterocycles. The van der Waals surface area contributed by atoms with Gasteiger partial charge in [-0.15, -0.1) is 0 Å². The fraction of sp³-hybridized carbons (Fsp3) is 0.250. The van der Waals surface area contributed by atoms with E-state index in [2.05, 4.69) is 28.0 Å². The van der Waals surface area contributed by atoms with E-state index in [9.17, 15) is 0 Å². The van der Waals surface area contributed by atoms with Gasteiger partial charge in [-0.25, -0.2) is 4.68 Å². The summed E-state index contributed by atoms with van der Waals surface area (Å²) in [7, 11) is 0. The summed E-state index contributed by atoms with van der Waals surface area (Å²) in [4.78, 5) is 0. The normalized spacial score (nSPS) is 10.8. The largest absolute Gasteiger partial charge is 0.238 e. The Bertz CT molecular complexity index is 520. The second kappa shape index (κ2) is 4.60. The third-order valence-corrected chi connectivity index (χ3v) is 3.67. The average molecular weight is 300 g/mol. The Balaban J connectivity index is 2.50. The number of hydrogen-bond acceptors (Lipinski definition) is 1. The zero-order valence-electron chi connectivity index (χ0n) is 9.17. The van der Waals surface area contributed by atoms with Crippen molar-refractivity contribution in [1.29, 1.82) is 0 Å². The van der Waals surface area contributed by atoms with Gasteiger partial charge in [-0.1, -0.05) is 33.6 Å². The van der Waals surface area contributed by atoms with Gasteiger partial charge in [-0.3, -0.25) is 0 Å². The summed E-state index contributed by atoms with van der Waals surface area (Å²) >= 11 is 9.55. The van der Waals surface area contributed by atoms with Gasteiger partial charge in [0.1, 0.15) is 0 Å². The maximum atomic E-state index is 6.11. The molecule has 0 amide bonds. The predicted octanol–water partition coefficient (Wildman–Crippen LogP) is 4.04. The van der Waals surface area contributed by atoms with Crippen LogP contribution in [-0.4, -0.2) is 9.78 Å². The lowest BCUT2D eigenvalue weighted by Gasteiger charge is -2.06. The highest BCUT2D eigenvalue weighted by Crippen LogP contribution is 2.21. The van der Waals surface area contributed by atoms with Crippen LogP contribution in [0.2, 0.25) is 5.02 Å². The van der Waals surface area contributed by atoms with E-state index < -0.39 is 0 Å². The molecule has 0 N–H and O–H groups in total. The number of rotatable bonds is 2. The monoisotopic (exact) mass is 298 g/mol. The Morgan fingerprint density at radius 2 is 2.12 bits per heavy atom. The first-order valence-corrected chi connectivity index (χ1v) is 6.49. The Kier molecular flexibility index (Phi) is 3.36. The fourth-order valence-electron chi connectivity index (χ4n) is 1.55. The zero-order chi connectivity index (χ0) is 11.7. The molecule has 2 rings (SSSR count). The van der Waals surface area contributed by atoms with Crippen molar-refractivity contribution in [3.8, 4) is 5.69 Å². The van der Waals surface area contributed by atoms with Crippen LogP contribution < -0.4 is 0 Å². The molecule has 2 aromatic rings. The number of aryl methyl sites for hydroxylation is 1. The lowest BCUT2D eigenvalue weighted by atomic mass is 10.2. The van der Waals surface area contributed by atoms with Crippen LogP contribution in [0.15, 0.2) is 24.4 Å². The summed E-state index contributed by atoms with van der Waals surface area (Å²) in [6.07, 6.45) is 1.87. The number of halogens is 2. The molecule has 4 heteroatoms. The van der Waals surface area contributed by atoms with Crippen LogP contribution in [0.25, 0.3) is 5.69 Å². The Morgan fingerprint density at radius 3 is 2.69 bits per heavy atom. The first kappa shape index (κ1) is 11.7. The third-order valence-electron chi connectivity index (χ3n) is 2.66. The first-order chi connectivity index (χ1) is 7.63. The molecule has 1 heterocycles. The van der Waals surface area contributed by atoms with E-state index in [-0.39, 0.29) is 0 Å². The third kappa shape index (κ3) is 2.02. The number of nitrogens with zero attached hydrogens (tertiary/aromatic N) is 2. The van der Waals surface area contributed by atoms with E-state index in [4.69, 9.17) is 11.6 Å². The molecular weight excluding hydrogens is 288 g/mol. The van der Waals surface area contributed by atoms with Crippen molar-refractivity contribution in [2.75, 3.05) is 0 Å². The highest BCUT2D eigenvalue weighted by Gasteiger charge is 2.07. The second-order valence-corrected chi connectivity index (χ2v) is 4.70. The summed E-state index contributed by atoms with van der Waals surface area (Å²) in [5.74, 6) is 0. The quantitative estimate of drug-likeness (QED) is 0.765. The van der Waals surface area contributed by atoms with Crippen LogP contribution in [0.1, 0.15) is 16.8 Å². The minimum atomic E-state index is 0.771. The Labute approximate surface area is 108 Å². The minimum Gasteiger partial charge on any atom is -0.238 e. The molecule has 0 aliphatic carbocycles. The molecule has 84 valence electrons. The maximum absolute atomic E-state index is 6.11. The smallest absolute Gasteiger partial charge is 0.0663 e. The molecule has 0 saturated carbocycles. The van der Waals surface area contributed by atoms with Gasteiger partial charge in [-0.2, -0.15) is 5.10 Å². The van der Waals surface area contributed by atoms with Crippen molar-refractivity contribution < 1.29 is 0 Å². The molecule has 0 aliphatic rings. The minimum absolute atomic E-state index is 0.771. The van der Waals surface area contributed by atoms with Crippen LogP contribution in [0.3, 0.4) is 0 Å². The molecule has 1 aromatic heterocycles. The van der Waals surface area contributed by atoms with E-state index in [0.717, 1.165) is 27.3 Å². The van der Waals surface area contributed by atoms with Crippen LogP contribution in [0, 0.1) is 13.8 Å². The fourth-order valence-corrected chi connectivity index (χ4v) is 2.27. The van der Waals surface area contributed by atoms with E-state index in [1.165, 1.54) is 5.56 Å². The SMILES string of the molecule is Cc1ccc(-n2ncc(CBr)c2C)cc1Cl. The molecule has 0 atom stereocenters. The molecule has 0 unspecified atom stereocenters. The number of benzene rings is 1. The van der Waals surface area contributed by atoms with Crippen LogP contribution >= 0.6 is 27.5 Å². The summed E-state index contributed by atoms with van der Waals surface area (Å²) in [6.45, 7) is 4.04. The molecule has 2 nitrogen and oxygen atoms in total. The lowest BCUT2D eigenvalue weighted by Crippen LogP contribution is -1.99. The molecule has 0 radical (unpaired) electrons. The van der Waals surface area contributed by atoms with Gasteiger partial charge in [0.2, 0.25) is 0 Å². The molecule has 0 bridgehead atoms. The summed E-state index contributed by atoms with van der Waals surface area (Å²) < 4.78 is 1.90. The summed E-state index contributed by atoms with van der Waals surface area (Å²) in [5.41, 5.74) is 4.41. The molecule has 0 aliphatic heterocycles. The van der Waals surface area contributed by atoms with Crippen molar-refractivity contribution in [3.63, 3.8) is 0 Å². The standard InChI is InChI=1S/C12H12BrClN2/c1-8-3-4-11(5-12(8)14)16-9(2)10(6-13)7-15-16/h3-5,7H,6H2,1-2H3. The van der Waals surface area contributed by atoms with E-state index in [1.807, 2.05) is 36.0 Å². The Hall–Kier alpha value is -0.800. The van der Waals surface area contributed by atoms with Crippen LogP contribution in [-0.2, 0) is 5.33 Å². The first-order valence-electron chi connectivity index (χ1n) is 4.99. The summed E-state index contributed by atoms with van der Waals surface area (Å²) in [5, 5.41) is 5.94. The predicted molar refractivity (Wildman–Crippen MR) is 70.7 cm³/mol. The highest BCUT2D eigenvalue weighted by molar-refractivity contribution is 9.08. The van der Waals surface area contributed by atoms with Gasteiger partial charge < -0.3 is 0 Å². The van der Waals surface area contributed by atoms with Crippen molar-refractivity contribution in [3.05, 3.63) is 46.2 Å². The van der Waals surface area contributed by atoms with E-state index >= 15 is 0 Å². The number of alkyl halides is 1. The van der Waals surface area contributed by atoms with E-state index in [0.29, 0.717) is 0 Å². The van der Waals surface area contributed by atoms with Crippen molar-refractivity contribution >= 4 is 27.5 Å². The van der Waals surface area contributed by atoms with Crippen LogP contribution in [0.5, 0.6) is 0 Å². The highest BCUT2D eigenvalue weighted by atomic mass is 79.9. The van der Waals surface area contributed by atoms with Gasteiger partial charge in [-0.05, 0) is 31.5 Å². The second-order valence-electron chi connectivity index (χ2n) is 3.73. The molecular formula is C12H12BrClN2. The van der Waals surface area contributed by atoms with Crippen molar-refractivity contribution in [1.82, 2.24) is 9.78 Å². The molecule has 0 spiro atoms. The lowest BCUT2D eigenvalue weighted by molar-refractivity contribution is 0.845. The van der Waals surface area contributed by atoms with Crippen molar-refractivity contribution in [2.24, 2.45) is 0 Å². The maximum Gasteiger partial charge on any atom is 0.0663 e. The number of aromatic nitrogens is 2. The van der Waals surface area contributed by atoms with Gasteiger partial charge in [0.15, 0.2) is 0 Å². The van der Waals surface area contributed by atoms with Gasteiger partial charge in [0, 0.05) is 21.6 Å². The molecule has 16 heavy (non-hydrogen) atoms. The van der Waals surface area contributed by atoms with Gasteiger partial charge in [0.25, 0.3) is 0 Å². The zero-order valence-corrected chi connectivity index (χ0v) is 11.5. The Morgan fingerprint density at radius 1 is 1.38 bits per heavy atom. The van der Waals surface area contributed by atoms with Gasteiger partial charge in [0.05, 0.1) is 11.9 Å². The van der Waals surface area contributed by atoms with Crippen LogP contribution in [0.4, 0.5) is 0 Å². The summed E-state index contributed by atoms with van der Waals surface area (Å²) in [6, 6.07) is 5.97. The van der Waals surface area contributed by atoms with E-state index in [1.54, 1.807) is 0 Å². The number of hydrogen-bond donors (Lipinski definition) is 0. The topological polar surface area (TPSA) is 17.8 Å².